The molecule has 2 N–H and O–H groups in total. The van der Waals surface area contributed by atoms with Crippen molar-refractivity contribution in [1.82, 2.24) is 5.32 Å². The van der Waals surface area contributed by atoms with Gasteiger partial charge in [-0.05, 0) is 49.8 Å². The zero-order valence-electron chi connectivity index (χ0n) is 10.4. The highest BCUT2D eigenvalue weighted by Gasteiger charge is 2.21. The third kappa shape index (κ3) is 3.00. The van der Waals surface area contributed by atoms with Crippen LogP contribution in [0.2, 0.25) is 0 Å². The van der Waals surface area contributed by atoms with Crippen molar-refractivity contribution in [2.45, 2.75) is 38.6 Å². The highest BCUT2D eigenvalue weighted by molar-refractivity contribution is 5.96. The van der Waals surface area contributed by atoms with Crippen LogP contribution in [0.15, 0.2) is 18.2 Å². The molecule has 3 nitrogen and oxygen atoms in total. The van der Waals surface area contributed by atoms with E-state index in [2.05, 4.69) is 12.2 Å². The number of phenolic OH excluding ortho intramolecular Hbond substituents is 1. The maximum atomic E-state index is 13.0. The predicted octanol–water partition coefficient (Wildman–Crippen LogP) is 2.84. The Morgan fingerprint density at radius 1 is 1.33 bits per heavy atom. The van der Waals surface area contributed by atoms with Crippen LogP contribution in [-0.4, -0.2) is 17.1 Å². The van der Waals surface area contributed by atoms with Gasteiger partial charge < -0.3 is 10.4 Å². The van der Waals surface area contributed by atoms with E-state index in [0.29, 0.717) is 5.92 Å². The molecule has 0 bridgehead atoms. The van der Waals surface area contributed by atoms with Gasteiger partial charge in [-0.15, -0.1) is 0 Å². The van der Waals surface area contributed by atoms with E-state index in [4.69, 9.17) is 0 Å². The van der Waals surface area contributed by atoms with Crippen LogP contribution in [0, 0.1) is 11.7 Å². The molecule has 0 unspecified atom stereocenters. The van der Waals surface area contributed by atoms with Crippen molar-refractivity contribution in [2.24, 2.45) is 5.92 Å². The number of phenols is 1. The van der Waals surface area contributed by atoms with Gasteiger partial charge in [0.15, 0.2) is 0 Å². The average Bonchev–Trinajstić information content (AvgIpc) is 2.35. The number of rotatable bonds is 2. The summed E-state index contributed by atoms with van der Waals surface area (Å²) in [6.45, 7) is 2.20. The number of halogens is 1. The first kappa shape index (κ1) is 12.9. The molecule has 2 rings (SSSR count). The van der Waals surface area contributed by atoms with Gasteiger partial charge in [0.25, 0.3) is 5.91 Å². The van der Waals surface area contributed by atoms with Crippen LogP contribution in [0.1, 0.15) is 43.0 Å². The van der Waals surface area contributed by atoms with Gasteiger partial charge >= 0.3 is 0 Å². The molecule has 98 valence electrons. The van der Waals surface area contributed by atoms with E-state index in [9.17, 15) is 14.3 Å². The number of nitrogens with one attached hydrogen (secondary N) is 1. The summed E-state index contributed by atoms with van der Waals surface area (Å²) in [7, 11) is 0. The van der Waals surface area contributed by atoms with Crippen LogP contribution in [-0.2, 0) is 0 Å². The minimum atomic E-state index is -0.518. The summed E-state index contributed by atoms with van der Waals surface area (Å²) in [6.07, 6.45) is 4.09. The Hall–Kier alpha value is -1.58. The van der Waals surface area contributed by atoms with Gasteiger partial charge in [0.2, 0.25) is 0 Å². The van der Waals surface area contributed by atoms with Crippen LogP contribution < -0.4 is 5.32 Å². The molecule has 1 aliphatic carbocycles. The molecule has 1 amide bonds. The first-order chi connectivity index (χ1) is 8.56. The molecule has 1 fully saturated rings. The number of carbonyl (C=O) groups excluding carboxylic acids is 1. The fraction of sp³-hybridized carbons (Fsp3) is 0.500. The number of hydrogen-bond acceptors (Lipinski definition) is 2. The molecule has 4 heteroatoms. The molecule has 18 heavy (non-hydrogen) atoms. The topological polar surface area (TPSA) is 49.3 Å². The third-order valence-corrected chi connectivity index (χ3v) is 3.55. The molecule has 0 aliphatic heterocycles. The van der Waals surface area contributed by atoms with E-state index in [0.717, 1.165) is 37.8 Å². The molecule has 0 radical (unpaired) electrons. The highest BCUT2D eigenvalue weighted by Crippen LogP contribution is 2.24. The van der Waals surface area contributed by atoms with Gasteiger partial charge in [-0.2, -0.15) is 0 Å². The van der Waals surface area contributed by atoms with Gasteiger partial charge in [-0.25, -0.2) is 4.39 Å². The van der Waals surface area contributed by atoms with Crippen molar-refractivity contribution in [3.63, 3.8) is 0 Å². The normalized spacial score (nSPS) is 23.7. The summed E-state index contributed by atoms with van der Waals surface area (Å²) < 4.78 is 13.0. The maximum absolute atomic E-state index is 13.0. The minimum Gasteiger partial charge on any atom is -0.507 e. The summed E-state index contributed by atoms with van der Waals surface area (Å²) in [5.74, 6) is -0.388. The Labute approximate surface area is 106 Å². The molecular formula is C14H18FNO2. The SMILES string of the molecule is CC1CCC(NC(=O)c2cc(F)ccc2O)CC1. The summed E-state index contributed by atoms with van der Waals surface area (Å²) in [4.78, 5) is 11.9. The summed E-state index contributed by atoms with van der Waals surface area (Å²) in [6, 6.07) is 3.54. The lowest BCUT2D eigenvalue weighted by Gasteiger charge is -2.27. The number of aromatic hydroxyl groups is 1. The van der Waals surface area contributed by atoms with Crippen molar-refractivity contribution in [1.29, 1.82) is 0 Å². The van der Waals surface area contributed by atoms with Crippen LogP contribution >= 0.6 is 0 Å². The van der Waals surface area contributed by atoms with Crippen molar-refractivity contribution >= 4 is 5.91 Å². The van der Waals surface area contributed by atoms with Gasteiger partial charge in [0, 0.05) is 6.04 Å². The molecule has 0 aromatic heterocycles. The second-order valence-corrected chi connectivity index (χ2v) is 5.09. The zero-order chi connectivity index (χ0) is 13.1. The van der Waals surface area contributed by atoms with Crippen LogP contribution in [0.5, 0.6) is 5.75 Å². The third-order valence-electron chi connectivity index (χ3n) is 3.55. The molecule has 1 aliphatic rings. The summed E-state index contributed by atoms with van der Waals surface area (Å²) >= 11 is 0. The number of amides is 1. The van der Waals surface area contributed by atoms with E-state index >= 15 is 0 Å². The number of hydrogen-bond donors (Lipinski definition) is 2. The zero-order valence-corrected chi connectivity index (χ0v) is 10.4. The van der Waals surface area contributed by atoms with Crippen LogP contribution in [0.4, 0.5) is 4.39 Å². The molecule has 0 heterocycles. The predicted molar refractivity (Wildman–Crippen MR) is 67.0 cm³/mol. The summed E-state index contributed by atoms with van der Waals surface area (Å²) in [5, 5.41) is 12.4. The van der Waals surface area contributed by atoms with E-state index in [1.165, 1.54) is 6.07 Å². The first-order valence-electron chi connectivity index (χ1n) is 6.35. The summed E-state index contributed by atoms with van der Waals surface area (Å²) in [5.41, 5.74) is 0.00798. The Kier molecular flexibility index (Phi) is 3.84. The van der Waals surface area contributed by atoms with Gasteiger partial charge in [-0.3, -0.25) is 4.79 Å². The van der Waals surface area contributed by atoms with Crippen molar-refractivity contribution in [3.8, 4) is 5.75 Å². The van der Waals surface area contributed by atoms with Crippen molar-refractivity contribution in [3.05, 3.63) is 29.6 Å². The molecular weight excluding hydrogens is 233 g/mol. The lowest BCUT2D eigenvalue weighted by atomic mass is 9.87. The number of benzene rings is 1. The van der Waals surface area contributed by atoms with Crippen molar-refractivity contribution < 1.29 is 14.3 Å². The molecule has 0 atom stereocenters. The Bertz CT molecular complexity index is 439. The van der Waals surface area contributed by atoms with Gasteiger partial charge in [-0.1, -0.05) is 6.92 Å². The largest absolute Gasteiger partial charge is 0.507 e. The smallest absolute Gasteiger partial charge is 0.255 e. The molecule has 1 aromatic carbocycles. The van der Waals surface area contributed by atoms with E-state index < -0.39 is 11.7 Å². The Morgan fingerprint density at radius 2 is 2.00 bits per heavy atom. The molecule has 0 spiro atoms. The first-order valence-corrected chi connectivity index (χ1v) is 6.35. The van der Waals surface area contributed by atoms with E-state index in [-0.39, 0.29) is 17.4 Å². The minimum absolute atomic E-state index is 0.00798. The Balaban J connectivity index is 2.01. The van der Waals surface area contributed by atoms with Crippen LogP contribution in [0.3, 0.4) is 0 Å². The van der Waals surface area contributed by atoms with E-state index in [1.54, 1.807) is 0 Å². The van der Waals surface area contributed by atoms with Crippen LogP contribution in [0.25, 0.3) is 0 Å². The van der Waals surface area contributed by atoms with Gasteiger partial charge in [0.1, 0.15) is 11.6 Å². The molecule has 1 aromatic rings. The lowest BCUT2D eigenvalue weighted by Crippen LogP contribution is -2.37. The fourth-order valence-electron chi connectivity index (χ4n) is 2.36. The van der Waals surface area contributed by atoms with Crippen molar-refractivity contribution in [2.75, 3.05) is 0 Å². The van der Waals surface area contributed by atoms with E-state index in [1.807, 2.05) is 0 Å². The van der Waals surface area contributed by atoms with Gasteiger partial charge in [0.05, 0.1) is 5.56 Å². The lowest BCUT2D eigenvalue weighted by molar-refractivity contribution is 0.0920. The monoisotopic (exact) mass is 251 g/mol. The number of carbonyl (C=O) groups is 1. The highest BCUT2D eigenvalue weighted by atomic mass is 19.1. The quantitative estimate of drug-likeness (QED) is 0.849. The standard InChI is InChI=1S/C14H18FNO2/c1-9-2-5-11(6-3-9)16-14(18)12-8-10(15)4-7-13(12)17/h4,7-9,11,17H,2-3,5-6H2,1H3,(H,16,18). The Morgan fingerprint density at radius 3 is 2.67 bits per heavy atom. The second kappa shape index (κ2) is 5.38. The maximum Gasteiger partial charge on any atom is 0.255 e. The molecule has 1 saturated carbocycles. The molecule has 0 saturated heterocycles. The second-order valence-electron chi connectivity index (χ2n) is 5.09. The fourth-order valence-corrected chi connectivity index (χ4v) is 2.36. The average molecular weight is 251 g/mol.